The molecular weight excluding hydrogens is 386 g/mol. The number of hydrogen-bond donors (Lipinski definition) is 1. The molecule has 2 aromatic heterocycles. The molecule has 0 saturated carbocycles. The molecule has 150 valence electrons. The van der Waals surface area contributed by atoms with E-state index in [9.17, 15) is 13.2 Å². The molecule has 1 atom stereocenters. The number of amides is 1. The van der Waals surface area contributed by atoms with Crippen molar-refractivity contribution < 1.29 is 13.2 Å². The second-order valence-electron chi connectivity index (χ2n) is 6.99. The molecule has 2 heterocycles. The van der Waals surface area contributed by atoms with Crippen molar-refractivity contribution in [2.75, 3.05) is 6.54 Å². The molecule has 1 amide bonds. The summed E-state index contributed by atoms with van der Waals surface area (Å²) in [5.74, 6) is -0.0489. The molecule has 0 spiro atoms. The molecule has 0 radical (unpaired) electrons. The first-order chi connectivity index (χ1) is 13.9. The second-order valence-corrected chi connectivity index (χ2v) is 9.12. The summed E-state index contributed by atoms with van der Waals surface area (Å²) in [6.07, 6.45) is 6.13. The lowest BCUT2D eigenvalue weighted by atomic mass is 10.0. The van der Waals surface area contributed by atoms with E-state index in [-0.39, 0.29) is 17.3 Å². The largest absolute Gasteiger partial charge is 0.350 e. The van der Waals surface area contributed by atoms with Crippen molar-refractivity contribution in [3.8, 4) is 0 Å². The van der Waals surface area contributed by atoms with Gasteiger partial charge in [0.15, 0.2) is 9.84 Å². The van der Waals surface area contributed by atoms with Gasteiger partial charge >= 0.3 is 0 Å². The van der Waals surface area contributed by atoms with Crippen LogP contribution in [-0.4, -0.2) is 30.8 Å². The SMILES string of the molecule is CC(C)c1ccc(S(=O)(=O)C(CNC(=O)c2ccncc2)c2cccnc2)cc1. The Balaban J connectivity index is 1.90. The van der Waals surface area contributed by atoms with Gasteiger partial charge in [-0.2, -0.15) is 0 Å². The fourth-order valence-corrected chi connectivity index (χ4v) is 4.62. The van der Waals surface area contributed by atoms with Crippen LogP contribution in [0.2, 0.25) is 0 Å². The fraction of sp³-hybridized carbons (Fsp3) is 0.227. The van der Waals surface area contributed by atoms with Crippen LogP contribution in [0.3, 0.4) is 0 Å². The fourth-order valence-electron chi connectivity index (χ4n) is 2.97. The minimum atomic E-state index is -3.74. The minimum absolute atomic E-state index is 0.0683. The van der Waals surface area contributed by atoms with Crippen LogP contribution in [0.1, 0.15) is 46.5 Å². The molecule has 0 aliphatic heterocycles. The number of carbonyl (C=O) groups is 1. The van der Waals surface area contributed by atoms with Gasteiger partial charge < -0.3 is 5.32 Å². The van der Waals surface area contributed by atoms with E-state index in [1.807, 2.05) is 12.1 Å². The predicted molar refractivity (Wildman–Crippen MR) is 111 cm³/mol. The van der Waals surface area contributed by atoms with Crippen molar-refractivity contribution in [1.82, 2.24) is 15.3 Å². The summed E-state index contributed by atoms with van der Waals surface area (Å²) in [6.45, 7) is 4.04. The molecule has 7 heteroatoms. The van der Waals surface area contributed by atoms with Crippen molar-refractivity contribution in [3.05, 3.63) is 90.0 Å². The van der Waals surface area contributed by atoms with Crippen molar-refractivity contribution in [1.29, 1.82) is 0 Å². The van der Waals surface area contributed by atoms with Crippen LogP contribution in [0, 0.1) is 0 Å². The highest BCUT2D eigenvalue weighted by atomic mass is 32.2. The third-order valence-corrected chi connectivity index (χ3v) is 6.81. The Morgan fingerprint density at radius 3 is 2.21 bits per heavy atom. The zero-order chi connectivity index (χ0) is 20.9. The molecule has 0 saturated heterocycles. The smallest absolute Gasteiger partial charge is 0.251 e. The van der Waals surface area contributed by atoms with E-state index in [0.29, 0.717) is 17.0 Å². The van der Waals surface area contributed by atoms with Gasteiger partial charge in [0.2, 0.25) is 0 Å². The van der Waals surface area contributed by atoms with E-state index >= 15 is 0 Å². The summed E-state index contributed by atoms with van der Waals surface area (Å²) >= 11 is 0. The number of sulfone groups is 1. The normalized spacial score (nSPS) is 12.5. The van der Waals surface area contributed by atoms with Gasteiger partial charge in [-0.1, -0.05) is 32.0 Å². The summed E-state index contributed by atoms with van der Waals surface area (Å²) in [5, 5.41) is 1.78. The van der Waals surface area contributed by atoms with Crippen LogP contribution >= 0.6 is 0 Å². The highest BCUT2D eigenvalue weighted by Crippen LogP contribution is 2.29. The number of aromatic nitrogens is 2. The van der Waals surface area contributed by atoms with Gasteiger partial charge in [0.05, 0.1) is 4.90 Å². The number of rotatable bonds is 7. The Bertz CT molecular complexity index is 1050. The monoisotopic (exact) mass is 409 g/mol. The number of pyridine rings is 2. The summed E-state index contributed by atoms with van der Waals surface area (Å²) in [6, 6.07) is 13.4. The topological polar surface area (TPSA) is 89.0 Å². The highest BCUT2D eigenvalue weighted by molar-refractivity contribution is 7.91. The third-order valence-electron chi connectivity index (χ3n) is 4.70. The van der Waals surface area contributed by atoms with E-state index in [0.717, 1.165) is 5.56 Å². The van der Waals surface area contributed by atoms with Gasteiger partial charge in [0.1, 0.15) is 5.25 Å². The van der Waals surface area contributed by atoms with Gasteiger partial charge in [-0.15, -0.1) is 0 Å². The van der Waals surface area contributed by atoms with E-state index in [1.165, 1.54) is 18.6 Å². The Morgan fingerprint density at radius 2 is 1.62 bits per heavy atom. The predicted octanol–water partition coefficient (Wildman–Crippen LogP) is 3.55. The Kier molecular flexibility index (Phi) is 6.39. The van der Waals surface area contributed by atoms with Gasteiger partial charge in [0, 0.05) is 36.9 Å². The van der Waals surface area contributed by atoms with E-state index in [4.69, 9.17) is 0 Å². The van der Waals surface area contributed by atoms with Crippen LogP contribution in [0.25, 0.3) is 0 Å². The maximum absolute atomic E-state index is 13.4. The lowest BCUT2D eigenvalue weighted by Crippen LogP contribution is -2.32. The first kappa shape index (κ1) is 20.7. The Hall–Kier alpha value is -3.06. The number of carbonyl (C=O) groups excluding carboxylic acids is 1. The van der Waals surface area contributed by atoms with Crippen LogP contribution in [0.15, 0.2) is 78.2 Å². The maximum Gasteiger partial charge on any atom is 0.251 e. The molecule has 29 heavy (non-hydrogen) atoms. The molecule has 6 nitrogen and oxygen atoms in total. The maximum atomic E-state index is 13.4. The number of nitrogens with zero attached hydrogens (tertiary/aromatic N) is 2. The minimum Gasteiger partial charge on any atom is -0.350 e. The molecule has 0 bridgehead atoms. The van der Waals surface area contributed by atoms with E-state index in [1.54, 1.807) is 42.6 Å². The molecular formula is C22H23N3O3S. The standard InChI is InChI=1S/C22H23N3O3S/c1-16(2)17-5-7-20(8-6-17)29(27,28)21(19-4-3-11-24-14-19)15-25-22(26)18-9-12-23-13-10-18/h3-14,16,21H,15H2,1-2H3,(H,25,26). The second kappa shape index (κ2) is 8.96. The molecule has 1 aromatic carbocycles. The summed E-state index contributed by atoms with van der Waals surface area (Å²) in [4.78, 5) is 20.6. The summed E-state index contributed by atoms with van der Waals surface area (Å²) in [7, 11) is -3.74. The zero-order valence-electron chi connectivity index (χ0n) is 16.3. The number of nitrogens with one attached hydrogen (secondary N) is 1. The lowest BCUT2D eigenvalue weighted by molar-refractivity contribution is 0.0953. The molecule has 1 unspecified atom stereocenters. The highest BCUT2D eigenvalue weighted by Gasteiger charge is 2.30. The van der Waals surface area contributed by atoms with Gasteiger partial charge in [-0.25, -0.2) is 8.42 Å². The molecule has 0 aliphatic carbocycles. The first-order valence-electron chi connectivity index (χ1n) is 9.31. The lowest BCUT2D eigenvalue weighted by Gasteiger charge is -2.19. The average Bonchev–Trinajstić information content (AvgIpc) is 2.75. The van der Waals surface area contributed by atoms with Gasteiger partial charge in [-0.05, 0) is 47.4 Å². The van der Waals surface area contributed by atoms with E-state index in [2.05, 4.69) is 29.1 Å². The molecule has 1 N–H and O–H groups in total. The quantitative estimate of drug-likeness (QED) is 0.645. The zero-order valence-corrected chi connectivity index (χ0v) is 17.1. The molecule has 3 rings (SSSR count). The van der Waals surface area contributed by atoms with Crippen molar-refractivity contribution in [3.63, 3.8) is 0 Å². The summed E-state index contributed by atoms with van der Waals surface area (Å²) in [5.41, 5.74) is 2.01. The first-order valence-corrected chi connectivity index (χ1v) is 10.9. The van der Waals surface area contributed by atoms with Crippen LogP contribution in [0.4, 0.5) is 0 Å². The van der Waals surface area contributed by atoms with E-state index < -0.39 is 15.1 Å². The third kappa shape index (κ3) is 4.86. The van der Waals surface area contributed by atoms with Crippen molar-refractivity contribution >= 4 is 15.7 Å². The average molecular weight is 410 g/mol. The number of hydrogen-bond acceptors (Lipinski definition) is 5. The summed E-state index contributed by atoms with van der Waals surface area (Å²) < 4.78 is 26.7. The van der Waals surface area contributed by atoms with Crippen molar-refractivity contribution in [2.45, 2.75) is 29.9 Å². The van der Waals surface area contributed by atoms with Crippen molar-refractivity contribution in [2.24, 2.45) is 0 Å². The Labute approximate surface area is 171 Å². The van der Waals surface area contributed by atoms with Crippen LogP contribution in [-0.2, 0) is 9.84 Å². The van der Waals surface area contributed by atoms with Gasteiger partial charge in [-0.3, -0.25) is 14.8 Å². The van der Waals surface area contributed by atoms with Crippen LogP contribution < -0.4 is 5.32 Å². The molecule has 0 fully saturated rings. The number of benzene rings is 1. The molecule has 3 aromatic rings. The van der Waals surface area contributed by atoms with Crippen LogP contribution in [0.5, 0.6) is 0 Å². The molecule has 0 aliphatic rings. The van der Waals surface area contributed by atoms with Gasteiger partial charge in [0.25, 0.3) is 5.91 Å². The Morgan fingerprint density at radius 1 is 0.931 bits per heavy atom.